The molecule has 0 N–H and O–H groups in total. The molecule has 0 spiro atoms. The normalized spacial score (nSPS) is 12.6. The summed E-state index contributed by atoms with van der Waals surface area (Å²) in [6, 6.07) is 10.3. The van der Waals surface area contributed by atoms with E-state index in [1.165, 1.54) is 30.5 Å². The van der Waals surface area contributed by atoms with Crippen molar-refractivity contribution in [2.24, 2.45) is 0 Å². The average molecular weight is 405 g/mol. The molecule has 1 heterocycles. The highest BCUT2D eigenvalue weighted by atomic mass is 19.4. The summed E-state index contributed by atoms with van der Waals surface area (Å²) in [6.07, 6.45) is -3.08. The molecule has 0 aliphatic carbocycles. The maximum atomic E-state index is 14.4. The number of hydrogen-bond donors (Lipinski definition) is 0. The maximum absolute atomic E-state index is 14.4. The summed E-state index contributed by atoms with van der Waals surface area (Å²) in [5.74, 6) is -3.14. The summed E-state index contributed by atoms with van der Waals surface area (Å²) in [4.78, 5) is 17.1. The molecule has 150 valence electrons. The predicted octanol–water partition coefficient (Wildman–Crippen LogP) is 5.90. The van der Waals surface area contributed by atoms with Crippen molar-refractivity contribution in [3.63, 3.8) is 0 Å². The van der Waals surface area contributed by atoms with Crippen LogP contribution in [0.2, 0.25) is 0 Å². The first-order chi connectivity index (χ1) is 13.6. The van der Waals surface area contributed by atoms with Gasteiger partial charge in [0.1, 0.15) is 11.6 Å². The van der Waals surface area contributed by atoms with E-state index in [-0.39, 0.29) is 17.5 Å². The highest BCUT2D eigenvalue weighted by Crippen LogP contribution is 2.31. The van der Waals surface area contributed by atoms with E-state index in [9.17, 15) is 26.7 Å². The Bertz CT molecular complexity index is 1030. The first kappa shape index (κ1) is 20.6. The van der Waals surface area contributed by atoms with Crippen molar-refractivity contribution in [2.75, 3.05) is 0 Å². The third kappa shape index (κ3) is 4.85. The molecule has 0 aliphatic rings. The zero-order valence-corrected chi connectivity index (χ0v) is 15.3. The van der Waals surface area contributed by atoms with E-state index in [4.69, 9.17) is 0 Å². The lowest BCUT2D eigenvalue weighted by Crippen LogP contribution is -2.18. The first-order valence-electron chi connectivity index (χ1n) is 8.73. The highest BCUT2D eigenvalue weighted by Gasteiger charge is 2.31. The standard InChI is InChI=1S/C22H16F5NO/c1-13-10-15(8-9-28-13)21(29)19(18-7-6-17(23)12-20(18)24)11-14-2-4-16(5-3-14)22(25,26)27/h2-10,12,19H,11H2,1H3. The number of halogens is 5. The van der Waals surface area contributed by atoms with Gasteiger partial charge in [0, 0.05) is 23.5 Å². The molecule has 0 aliphatic heterocycles. The Labute approximate surface area is 164 Å². The number of pyridine rings is 1. The smallest absolute Gasteiger partial charge is 0.293 e. The molecule has 0 radical (unpaired) electrons. The van der Waals surface area contributed by atoms with Crippen molar-refractivity contribution in [3.8, 4) is 0 Å². The van der Waals surface area contributed by atoms with Crippen LogP contribution in [0.4, 0.5) is 22.0 Å². The quantitative estimate of drug-likeness (QED) is 0.391. The van der Waals surface area contributed by atoms with Crippen LogP contribution in [0, 0.1) is 18.6 Å². The van der Waals surface area contributed by atoms with E-state index in [1.54, 1.807) is 13.0 Å². The number of hydrogen-bond acceptors (Lipinski definition) is 2. The number of alkyl halides is 3. The minimum absolute atomic E-state index is 0.0224. The van der Waals surface area contributed by atoms with Gasteiger partial charge in [-0.3, -0.25) is 9.78 Å². The van der Waals surface area contributed by atoms with Crippen molar-refractivity contribution in [1.29, 1.82) is 0 Å². The molecule has 0 fully saturated rings. The van der Waals surface area contributed by atoms with Crippen molar-refractivity contribution in [3.05, 3.63) is 100 Å². The summed E-state index contributed by atoms with van der Waals surface area (Å²) in [7, 11) is 0. The average Bonchev–Trinajstić information content (AvgIpc) is 2.66. The zero-order chi connectivity index (χ0) is 21.2. The Morgan fingerprint density at radius 3 is 2.28 bits per heavy atom. The van der Waals surface area contributed by atoms with Crippen molar-refractivity contribution in [1.82, 2.24) is 4.98 Å². The highest BCUT2D eigenvalue weighted by molar-refractivity contribution is 6.01. The molecule has 1 atom stereocenters. The molecule has 0 saturated heterocycles. The SMILES string of the molecule is Cc1cc(C(=O)C(Cc2ccc(C(F)(F)F)cc2)c2ccc(F)cc2F)ccn1. The fraction of sp³-hybridized carbons (Fsp3) is 0.182. The fourth-order valence-corrected chi connectivity index (χ4v) is 3.09. The Hall–Kier alpha value is -3.09. The summed E-state index contributed by atoms with van der Waals surface area (Å²) in [5.41, 5.74) is 0.459. The van der Waals surface area contributed by atoms with Gasteiger partial charge in [-0.25, -0.2) is 8.78 Å². The summed E-state index contributed by atoms with van der Waals surface area (Å²) < 4.78 is 66.1. The fourth-order valence-electron chi connectivity index (χ4n) is 3.09. The van der Waals surface area contributed by atoms with Gasteiger partial charge in [0.15, 0.2) is 5.78 Å². The Balaban J connectivity index is 2.00. The van der Waals surface area contributed by atoms with Gasteiger partial charge in [-0.15, -0.1) is 0 Å². The van der Waals surface area contributed by atoms with E-state index >= 15 is 0 Å². The molecule has 1 unspecified atom stereocenters. The number of carbonyl (C=O) groups is 1. The van der Waals surface area contributed by atoms with Crippen LogP contribution in [0.3, 0.4) is 0 Å². The Morgan fingerprint density at radius 2 is 1.69 bits per heavy atom. The lowest BCUT2D eigenvalue weighted by atomic mass is 9.85. The summed E-state index contributed by atoms with van der Waals surface area (Å²) in [5, 5.41) is 0. The molecule has 7 heteroatoms. The van der Waals surface area contributed by atoms with E-state index in [0.717, 1.165) is 18.2 Å². The Morgan fingerprint density at radius 1 is 1.00 bits per heavy atom. The molecule has 0 amide bonds. The van der Waals surface area contributed by atoms with Gasteiger partial charge >= 0.3 is 6.18 Å². The summed E-state index contributed by atoms with van der Waals surface area (Å²) >= 11 is 0. The number of ketones is 1. The molecule has 2 nitrogen and oxygen atoms in total. The number of nitrogens with zero attached hydrogens (tertiary/aromatic N) is 1. The number of Topliss-reactive ketones (excluding diaryl/α,β-unsaturated/α-hetero) is 1. The number of carbonyl (C=O) groups excluding carboxylic acids is 1. The zero-order valence-electron chi connectivity index (χ0n) is 15.3. The molecule has 2 aromatic carbocycles. The van der Waals surface area contributed by atoms with Gasteiger partial charge in [0.2, 0.25) is 0 Å². The lowest BCUT2D eigenvalue weighted by molar-refractivity contribution is -0.137. The van der Waals surface area contributed by atoms with Crippen LogP contribution >= 0.6 is 0 Å². The third-order valence-corrected chi connectivity index (χ3v) is 4.56. The van der Waals surface area contributed by atoms with Crippen LogP contribution in [0.1, 0.15) is 38.7 Å². The largest absolute Gasteiger partial charge is 0.416 e. The molecule has 0 saturated carbocycles. The number of aromatic nitrogens is 1. The van der Waals surface area contributed by atoms with Crippen molar-refractivity contribution in [2.45, 2.75) is 25.4 Å². The lowest BCUT2D eigenvalue weighted by Gasteiger charge is -2.18. The number of benzene rings is 2. The van der Waals surface area contributed by atoms with Crippen LogP contribution in [-0.2, 0) is 12.6 Å². The number of rotatable bonds is 5. The predicted molar refractivity (Wildman–Crippen MR) is 97.6 cm³/mol. The van der Waals surface area contributed by atoms with Gasteiger partial charge in [0.05, 0.1) is 11.5 Å². The van der Waals surface area contributed by atoms with E-state index < -0.39 is 35.1 Å². The van der Waals surface area contributed by atoms with Crippen LogP contribution in [0.15, 0.2) is 60.8 Å². The summed E-state index contributed by atoms with van der Waals surface area (Å²) in [6.45, 7) is 1.69. The monoisotopic (exact) mass is 405 g/mol. The van der Waals surface area contributed by atoms with Gasteiger partial charge in [-0.2, -0.15) is 13.2 Å². The van der Waals surface area contributed by atoms with Crippen LogP contribution < -0.4 is 0 Å². The molecule has 0 bridgehead atoms. The van der Waals surface area contributed by atoms with Crippen LogP contribution in [0.5, 0.6) is 0 Å². The molecular weight excluding hydrogens is 389 g/mol. The molecule has 3 rings (SSSR count). The van der Waals surface area contributed by atoms with Crippen molar-refractivity contribution < 1.29 is 26.7 Å². The molecule has 29 heavy (non-hydrogen) atoms. The minimum Gasteiger partial charge on any atom is -0.293 e. The number of aryl methyl sites for hydroxylation is 1. The first-order valence-corrected chi connectivity index (χ1v) is 8.73. The van der Waals surface area contributed by atoms with Crippen molar-refractivity contribution >= 4 is 5.78 Å². The van der Waals surface area contributed by atoms with Crippen LogP contribution in [0.25, 0.3) is 0 Å². The second kappa shape index (κ2) is 8.11. The van der Waals surface area contributed by atoms with Gasteiger partial charge in [-0.05, 0) is 54.8 Å². The van der Waals surface area contributed by atoms with E-state index in [0.29, 0.717) is 17.3 Å². The second-order valence-electron chi connectivity index (χ2n) is 6.67. The second-order valence-corrected chi connectivity index (χ2v) is 6.67. The molecular formula is C22H16F5NO. The van der Waals surface area contributed by atoms with E-state index in [1.807, 2.05) is 0 Å². The van der Waals surface area contributed by atoms with Crippen LogP contribution in [-0.4, -0.2) is 10.8 Å². The molecule has 3 aromatic rings. The third-order valence-electron chi connectivity index (χ3n) is 4.56. The minimum atomic E-state index is -4.48. The Kier molecular flexibility index (Phi) is 5.77. The van der Waals surface area contributed by atoms with Gasteiger partial charge < -0.3 is 0 Å². The van der Waals surface area contributed by atoms with Gasteiger partial charge in [-0.1, -0.05) is 18.2 Å². The van der Waals surface area contributed by atoms with Gasteiger partial charge in [0.25, 0.3) is 0 Å². The van der Waals surface area contributed by atoms with E-state index in [2.05, 4.69) is 4.98 Å². The topological polar surface area (TPSA) is 30.0 Å². The molecule has 1 aromatic heterocycles. The maximum Gasteiger partial charge on any atom is 0.416 e.